The quantitative estimate of drug-likeness (QED) is 0.819. The molecule has 0 unspecified atom stereocenters. The standard InChI is InChI=1S/C15H20N2O3/c1-9-5-4-6-10(2)14(9)20-8-13(18)16-17-15(19)12-7-11(12)3/h4-6,11-12H,7-8H2,1-3H3,(H,16,18)(H,17,19)/t11-,12-/m0/s1. The Kier molecular flexibility index (Phi) is 4.27. The van der Waals surface area contributed by atoms with E-state index in [4.69, 9.17) is 4.74 Å². The Morgan fingerprint density at radius 2 is 1.85 bits per heavy atom. The molecule has 2 amide bonds. The summed E-state index contributed by atoms with van der Waals surface area (Å²) in [5.74, 6) is 0.671. The van der Waals surface area contributed by atoms with Gasteiger partial charge in [0.05, 0.1) is 0 Å². The topological polar surface area (TPSA) is 67.4 Å². The number of hydrogen-bond donors (Lipinski definition) is 2. The van der Waals surface area contributed by atoms with Crippen molar-refractivity contribution in [1.29, 1.82) is 0 Å². The first-order chi connectivity index (χ1) is 9.49. The molecule has 1 saturated carbocycles. The first kappa shape index (κ1) is 14.4. The van der Waals surface area contributed by atoms with E-state index >= 15 is 0 Å². The molecular weight excluding hydrogens is 256 g/mol. The van der Waals surface area contributed by atoms with Gasteiger partial charge in [-0.05, 0) is 37.3 Å². The summed E-state index contributed by atoms with van der Waals surface area (Å²) in [7, 11) is 0. The molecule has 2 rings (SSSR count). The number of nitrogens with one attached hydrogen (secondary N) is 2. The van der Waals surface area contributed by atoms with Gasteiger partial charge in [-0.15, -0.1) is 0 Å². The van der Waals surface area contributed by atoms with Crippen LogP contribution in [0, 0.1) is 25.7 Å². The molecule has 2 N–H and O–H groups in total. The Hall–Kier alpha value is -2.04. The van der Waals surface area contributed by atoms with Crippen LogP contribution in [0.25, 0.3) is 0 Å². The number of hydrogen-bond acceptors (Lipinski definition) is 3. The van der Waals surface area contributed by atoms with Crippen LogP contribution in [-0.2, 0) is 9.59 Å². The number of aryl methyl sites for hydroxylation is 2. The van der Waals surface area contributed by atoms with Crippen molar-refractivity contribution in [3.05, 3.63) is 29.3 Å². The van der Waals surface area contributed by atoms with Crippen molar-refractivity contribution in [3.8, 4) is 5.75 Å². The lowest BCUT2D eigenvalue weighted by molar-refractivity contribution is -0.130. The first-order valence-electron chi connectivity index (χ1n) is 6.76. The lowest BCUT2D eigenvalue weighted by atomic mass is 10.1. The number of hydrazine groups is 1. The molecule has 0 bridgehead atoms. The zero-order valence-corrected chi connectivity index (χ0v) is 12.0. The van der Waals surface area contributed by atoms with E-state index in [2.05, 4.69) is 10.9 Å². The zero-order valence-electron chi connectivity index (χ0n) is 12.0. The van der Waals surface area contributed by atoms with Gasteiger partial charge in [-0.2, -0.15) is 0 Å². The lowest BCUT2D eigenvalue weighted by Crippen LogP contribution is -2.44. The van der Waals surface area contributed by atoms with Gasteiger partial charge in [0.15, 0.2) is 6.61 Å². The Bertz CT molecular complexity index is 508. The predicted molar refractivity (Wildman–Crippen MR) is 75.0 cm³/mol. The molecule has 1 aromatic carbocycles. The minimum absolute atomic E-state index is 0.0369. The number of amides is 2. The number of benzene rings is 1. The average Bonchev–Trinajstić information content (AvgIpc) is 3.12. The van der Waals surface area contributed by atoms with Crippen LogP contribution in [0.2, 0.25) is 0 Å². The monoisotopic (exact) mass is 276 g/mol. The minimum Gasteiger partial charge on any atom is -0.483 e. The van der Waals surface area contributed by atoms with Gasteiger partial charge in [0, 0.05) is 5.92 Å². The summed E-state index contributed by atoms with van der Waals surface area (Å²) in [5.41, 5.74) is 6.75. The molecule has 0 saturated heterocycles. The second-order valence-electron chi connectivity index (χ2n) is 5.37. The maximum Gasteiger partial charge on any atom is 0.276 e. The molecule has 1 aliphatic rings. The van der Waals surface area contributed by atoms with Gasteiger partial charge in [0.2, 0.25) is 5.91 Å². The van der Waals surface area contributed by atoms with Crippen LogP contribution in [0.15, 0.2) is 18.2 Å². The largest absolute Gasteiger partial charge is 0.483 e. The van der Waals surface area contributed by atoms with E-state index in [0.29, 0.717) is 11.7 Å². The van der Waals surface area contributed by atoms with E-state index in [9.17, 15) is 9.59 Å². The highest BCUT2D eigenvalue weighted by molar-refractivity contribution is 5.85. The molecule has 0 aliphatic heterocycles. The highest BCUT2D eigenvalue weighted by Gasteiger charge is 2.39. The Balaban J connectivity index is 1.76. The van der Waals surface area contributed by atoms with Crippen molar-refractivity contribution in [1.82, 2.24) is 10.9 Å². The van der Waals surface area contributed by atoms with Crippen molar-refractivity contribution >= 4 is 11.8 Å². The van der Waals surface area contributed by atoms with Crippen molar-refractivity contribution in [2.45, 2.75) is 27.2 Å². The van der Waals surface area contributed by atoms with Crippen LogP contribution in [0.1, 0.15) is 24.5 Å². The van der Waals surface area contributed by atoms with Gasteiger partial charge >= 0.3 is 0 Å². The second-order valence-corrected chi connectivity index (χ2v) is 5.37. The van der Waals surface area contributed by atoms with Crippen molar-refractivity contribution in [2.75, 3.05) is 6.61 Å². The number of para-hydroxylation sites is 1. The summed E-state index contributed by atoms with van der Waals surface area (Å²) in [6.07, 6.45) is 0.889. The second kappa shape index (κ2) is 5.94. The third kappa shape index (κ3) is 3.50. The molecule has 20 heavy (non-hydrogen) atoms. The molecule has 0 radical (unpaired) electrons. The third-order valence-electron chi connectivity index (χ3n) is 3.53. The molecule has 0 spiro atoms. The molecule has 2 atom stereocenters. The van der Waals surface area contributed by atoms with Gasteiger partial charge in [0.1, 0.15) is 5.75 Å². The van der Waals surface area contributed by atoms with Crippen LogP contribution in [0.3, 0.4) is 0 Å². The number of rotatable bonds is 4. The molecule has 108 valence electrons. The van der Waals surface area contributed by atoms with Gasteiger partial charge < -0.3 is 4.74 Å². The molecule has 5 heteroatoms. The number of carbonyl (C=O) groups excluding carboxylic acids is 2. The maximum absolute atomic E-state index is 11.6. The predicted octanol–water partition coefficient (Wildman–Crippen LogP) is 1.49. The fourth-order valence-corrected chi connectivity index (χ4v) is 2.11. The summed E-state index contributed by atoms with van der Waals surface area (Å²) in [6.45, 7) is 5.75. The van der Waals surface area contributed by atoms with Gasteiger partial charge in [-0.3, -0.25) is 20.4 Å². The van der Waals surface area contributed by atoms with Gasteiger partial charge in [0.25, 0.3) is 5.91 Å². The summed E-state index contributed by atoms with van der Waals surface area (Å²) in [4.78, 5) is 23.2. The van der Waals surface area contributed by atoms with Crippen molar-refractivity contribution < 1.29 is 14.3 Å². The molecular formula is C15H20N2O3. The Labute approximate surface area is 118 Å². The molecule has 0 aromatic heterocycles. The minimum atomic E-state index is -0.366. The Morgan fingerprint density at radius 1 is 1.25 bits per heavy atom. The summed E-state index contributed by atoms with van der Waals surface area (Å²) < 4.78 is 5.50. The average molecular weight is 276 g/mol. The van der Waals surface area contributed by atoms with E-state index in [1.54, 1.807) is 0 Å². The van der Waals surface area contributed by atoms with Gasteiger partial charge in [-0.1, -0.05) is 25.1 Å². The number of ether oxygens (including phenoxy) is 1. The zero-order chi connectivity index (χ0) is 14.7. The van der Waals surface area contributed by atoms with E-state index in [1.165, 1.54) is 0 Å². The van der Waals surface area contributed by atoms with Crippen molar-refractivity contribution in [2.24, 2.45) is 11.8 Å². The smallest absolute Gasteiger partial charge is 0.276 e. The van der Waals surface area contributed by atoms with Gasteiger partial charge in [-0.25, -0.2) is 0 Å². The first-order valence-corrected chi connectivity index (χ1v) is 6.76. The molecule has 1 fully saturated rings. The van der Waals surface area contributed by atoms with Crippen LogP contribution in [0.4, 0.5) is 0 Å². The van der Waals surface area contributed by atoms with E-state index in [1.807, 2.05) is 39.0 Å². The fraction of sp³-hybridized carbons (Fsp3) is 0.467. The molecule has 1 aliphatic carbocycles. The summed E-state index contributed by atoms with van der Waals surface area (Å²) in [6, 6.07) is 5.79. The van der Waals surface area contributed by atoms with Crippen LogP contribution < -0.4 is 15.6 Å². The van der Waals surface area contributed by atoms with Crippen LogP contribution in [-0.4, -0.2) is 18.4 Å². The fourth-order valence-electron chi connectivity index (χ4n) is 2.11. The highest BCUT2D eigenvalue weighted by atomic mass is 16.5. The number of carbonyl (C=O) groups is 2. The Morgan fingerprint density at radius 3 is 2.40 bits per heavy atom. The molecule has 0 heterocycles. The summed E-state index contributed by atoms with van der Waals surface area (Å²) in [5, 5.41) is 0. The van der Waals surface area contributed by atoms with E-state index in [-0.39, 0.29) is 24.3 Å². The van der Waals surface area contributed by atoms with Crippen LogP contribution in [0.5, 0.6) is 5.75 Å². The van der Waals surface area contributed by atoms with Crippen molar-refractivity contribution in [3.63, 3.8) is 0 Å². The molecule has 1 aromatic rings. The van der Waals surface area contributed by atoms with Crippen LogP contribution >= 0.6 is 0 Å². The van der Waals surface area contributed by atoms with E-state index < -0.39 is 0 Å². The highest BCUT2D eigenvalue weighted by Crippen LogP contribution is 2.37. The molecule has 5 nitrogen and oxygen atoms in total. The third-order valence-corrected chi connectivity index (χ3v) is 3.53. The van der Waals surface area contributed by atoms with E-state index in [0.717, 1.165) is 17.5 Å². The SMILES string of the molecule is Cc1cccc(C)c1OCC(=O)NNC(=O)[C@H]1C[C@@H]1C. The normalized spacial score (nSPS) is 20.1. The lowest BCUT2D eigenvalue weighted by Gasteiger charge is -2.12. The summed E-state index contributed by atoms with van der Waals surface area (Å²) >= 11 is 0. The maximum atomic E-state index is 11.6.